The molecule has 1 unspecified atom stereocenters. The van der Waals surface area contributed by atoms with Gasteiger partial charge in [-0.05, 0) is 30.2 Å². The highest BCUT2D eigenvalue weighted by molar-refractivity contribution is 6.10. The minimum atomic E-state index is -0.331. The van der Waals surface area contributed by atoms with Gasteiger partial charge in [-0.3, -0.25) is 9.69 Å². The average molecular weight is 389 g/mol. The summed E-state index contributed by atoms with van der Waals surface area (Å²) in [6.07, 6.45) is 0.468. The highest BCUT2D eigenvalue weighted by Crippen LogP contribution is 2.45. The Morgan fingerprint density at radius 2 is 1.45 bits per heavy atom. The van der Waals surface area contributed by atoms with E-state index in [1.54, 1.807) is 26.2 Å². The summed E-state index contributed by atoms with van der Waals surface area (Å²) >= 11 is 0. The first-order valence-electron chi connectivity index (χ1n) is 9.44. The SMILES string of the molecule is COc1cc(OC)c(CC2C(=O)N(c3ccccc3)c3ccccc32)c(OC)c1. The minimum Gasteiger partial charge on any atom is -0.496 e. The number of anilines is 2. The van der Waals surface area contributed by atoms with Gasteiger partial charge in [-0.25, -0.2) is 0 Å². The number of nitrogens with zero attached hydrogens (tertiary/aromatic N) is 1. The number of ether oxygens (including phenoxy) is 3. The van der Waals surface area contributed by atoms with E-state index in [9.17, 15) is 4.79 Å². The number of para-hydroxylation sites is 2. The summed E-state index contributed by atoms with van der Waals surface area (Å²) in [6.45, 7) is 0. The molecular weight excluding hydrogens is 366 g/mol. The second kappa shape index (κ2) is 7.87. The molecule has 1 amide bonds. The first kappa shape index (κ1) is 18.9. The van der Waals surface area contributed by atoms with Gasteiger partial charge in [0.05, 0.1) is 32.9 Å². The molecule has 0 radical (unpaired) electrons. The predicted molar refractivity (Wildman–Crippen MR) is 113 cm³/mol. The van der Waals surface area contributed by atoms with E-state index in [-0.39, 0.29) is 11.8 Å². The van der Waals surface area contributed by atoms with Crippen LogP contribution in [0.2, 0.25) is 0 Å². The Labute approximate surface area is 170 Å². The van der Waals surface area contributed by atoms with Gasteiger partial charge >= 0.3 is 0 Å². The van der Waals surface area contributed by atoms with Gasteiger partial charge in [0, 0.05) is 23.4 Å². The van der Waals surface area contributed by atoms with Crippen molar-refractivity contribution in [1.82, 2.24) is 0 Å². The van der Waals surface area contributed by atoms with Crippen LogP contribution in [0.3, 0.4) is 0 Å². The summed E-state index contributed by atoms with van der Waals surface area (Å²) in [5, 5.41) is 0. The van der Waals surface area contributed by atoms with Gasteiger partial charge in [-0.1, -0.05) is 36.4 Å². The number of amides is 1. The molecule has 0 aromatic heterocycles. The maximum absolute atomic E-state index is 13.5. The van der Waals surface area contributed by atoms with Crippen molar-refractivity contribution in [1.29, 1.82) is 0 Å². The third kappa shape index (κ3) is 3.29. The summed E-state index contributed by atoms with van der Waals surface area (Å²) in [6, 6.07) is 21.3. The molecule has 1 heterocycles. The number of hydrogen-bond donors (Lipinski definition) is 0. The van der Waals surface area contributed by atoms with Gasteiger partial charge in [0.15, 0.2) is 0 Å². The molecular formula is C24H23NO4. The Bertz CT molecular complexity index is 1010. The molecule has 0 N–H and O–H groups in total. The van der Waals surface area contributed by atoms with Crippen molar-refractivity contribution in [3.8, 4) is 17.2 Å². The van der Waals surface area contributed by atoms with E-state index in [4.69, 9.17) is 14.2 Å². The van der Waals surface area contributed by atoms with Crippen LogP contribution in [0.4, 0.5) is 11.4 Å². The maximum atomic E-state index is 13.5. The molecule has 1 atom stereocenters. The molecule has 3 aromatic carbocycles. The van der Waals surface area contributed by atoms with Crippen LogP contribution in [0, 0.1) is 0 Å². The summed E-state index contributed by atoms with van der Waals surface area (Å²) < 4.78 is 16.5. The number of hydrogen-bond acceptors (Lipinski definition) is 4. The summed E-state index contributed by atoms with van der Waals surface area (Å²) in [5.74, 6) is 1.64. The van der Waals surface area contributed by atoms with Crippen LogP contribution in [0.5, 0.6) is 17.2 Å². The van der Waals surface area contributed by atoms with Crippen molar-refractivity contribution in [2.45, 2.75) is 12.3 Å². The minimum absolute atomic E-state index is 0.0392. The Balaban J connectivity index is 1.78. The predicted octanol–water partition coefficient (Wildman–Crippen LogP) is 4.72. The highest BCUT2D eigenvalue weighted by atomic mass is 16.5. The summed E-state index contributed by atoms with van der Waals surface area (Å²) in [4.78, 5) is 15.3. The Hall–Kier alpha value is -3.47. The number of rotatable bonds is 6. The zero-order chi connectivity index (χ0) is 20.4. The second-order valence-electron chi connectivity index (χ2n) is 6.84. The van der Waals surface area contributed by atoms with Crippen molar-refractivity contribution in [2.24, 2.45) is 0 Å². The first-order chi connectivity index (χ1) is 14.2. The van der Waals surface area contributed by atoms with Gasteiger partial charge in [-0.15, -0.1) is 0 Å². The first-order valence-corrected chi connectivity index (χ1v) is 9.44. The van der Waals surface area contributed by atoms with E-state index >= 15 is 0 Å². The van der Waals surface area contributed by atoms with Gasteiger partial charge in [0.2, 0.25) is 5.91 Å². The van der Waals surface area contributed by atoms with Crippen LogP contribution in [0.1, 0.15) is 17.0 Å². The number of fused-ring (bicyclic) bond motifs is 1. The molecule has 5 nitrogen and oxygen atoms in total. The molecule has 1 aliphatic rings. The maximum Gasteiger partial charge on any atom is 0.239 e. The zero-order valence-corrected chi connectivity index (χ0v) is 16.7. The van der Waals surface area contributed by atoms with E-state index in [1.165, 1.54) is 0 Å². The van der Waals surface area contributed by atoms with Crippen LogP contribution in [0.15, 0.2) is 66.7 Å². The number of methoxy groups -OCH3 is 3. The zero-order valence-electron chi connectivity index (χ0n) is 16.7. The van der Waals surface area contributed by atoms with Crippen LogP contribution in [-0.2, 0) is 11.2 Å². The molecule has 3 aromatic rings. The van der Waals surface area contributed by atoms with E-state index in [0.29, 0.717) is 23.7 Å². The average Bonchev–Trinajstić information content (AvgIpc) is 3.05. The van der Waals surface area contributed by atoms with Crippen molar-refractivity contribution < 1.29 is 19.0 Å². The Kier molecular flexibility index (Phi) is 5.12. The second-order valence-corrected chi connectivity index (χ2v) is 6.84. The Morgan fingerprint density at radius 3 is 2.07 bits per heavy atom. The van der Waals surface area contributed by atoms with E-state index in [1.807, 2.05) is 66.7 Å². The standard InChI is InChI=1S/C24H23NO4/c1-27-17-13-22(28-2)20(23(14-17)29-3)15-19-18-11-7-8-12-21(18)25(24(19)26)16-9-5-4-6-10-16/h4-14,19H,15H2,1-3H3. The molecule has 0 saturated carbocycles. The molecule has 0 spiro atoms. The fourth-order valence-electron chi connectivity index (χ4n) is 3.92. The molecule has 29 heavy (non-hydrogen) atoms. The van der Waals surface area contributed by atoms with E-state index in [0.717, 1.165) is 22.5 Å². The molecule has 148 valence electrons. The van der Waals surface area contributed by atoms with Crippen molar-refractivity contribution in [2.75, 3.05) is 26.2 Å². The van der Waals surface area contributed by atoms with Gasteiger partial charge in [-0.2, -0.15) is 0 Å². The molecule has 0 aliphatic carbocycles. The monoisotopic (exact) mass is 389 g/mol. The Morgan fingerprint density at radius 1 is 0.828 bits per heavy atom. The third-order valence-corrected chi connectivity index (χ3v) is 5.31. The normalized spacial score (nSPS) is 15.2. The lowest BCUT2D eigenvalue weighted by molar-refractivity contribution is -0.118. The van der Waals surface area contributed by atoms with Gasteiger partial charge in [0.1, 0.15) is 17.2 Å². The molecule has 4 rings (SSSR count). The number of carbonyl (C=O) groups is 1. The largest absolute Gasteiger partial charge is 0.496 e. The lowest BCUT2D eigenvalue weighted by atomic mass is 9.92. The fourth-order valence-corrected chi connectivity index (χ4v) is 3.92. The van der Waals surface area contributed by atoms with Crippen molar-refractivity contribution in [3.05, 3.63) is 77.9 Å². The topological polar surface area (TPSA) is 48.0 Å². The molecule has 5 heteroatoms. The van der Waals surface area contributed by atoms with Gasteiger partial charge < -0.3 is 14.2 Å². The van der Waals surface area contributed by atoms with Crippen LogP contribution >= 0.6 is 0 Å². The van der Waals surface area contributed by atoms with Crippen LogP contribution in [-0.4, -0.2) is 27.2 Å². The molecule has 0 fully saturated rings. The summed E-state index contributed by atoms with van der Waals surface area (Å²) in [7, 11) is 4.82. The lowest BCUT2D eigenvalue weighted by Gasteiger charge is -2.19. The smallest absolute Gasteiger partial charge is 0.239 e. The summed E-state index contributed by atoms with van der Waals surface area (Å²) in [5.41, 5.74) is 3.63. The fraction of sp³-hybridized carbons (Fsp3) is 0.208. The number of carbonyl (C=O) groups excluding carboxylic acids is 1. The number of benzene rings is 3. The van der Waals surface area contributed by atoms with Crippen LogP contribution in [0.25, 0.3) is 0 Å². The van der Waals surface area contributed by atoms with E-state index < -0.39 is 0 Å². The third-order valence-electron chi connectivity index (χ3n) is 5.31. The van der Waals surface area contributed by atoms with Crippen molar-refractivity contribution >= 4 is 17.3 Å². The molecule has 0 saturated heterocycles. The highest BCUT2D eigenvalue weighted by Gasteiger charge is 2.38. The molecule has 0 bridgehead atoms. The van der Waals surface area contributed by atoms with Gasteiger partial charge in [0.25, 0.3) is 0 Å². The van der Waals surface area contributed by atoms with Crippen molar-refractivity contribution in [3.63, 3.8) is 0 Å². The van der Waals surface area contributed by atoms with Crippen LogP contribution < -0.4 is 19.1 Å². The molecule has 1 aliphatic heterocycles. The van der Waals surface area contributed by atoms with E-state index in [2.05, 4.69) is 0 Å². The quantitative estimate of drug-likeness (QED) is 0.612. The lowest BCUT2D eigenvalue weighted by Crippen LogP contribution is -2.25.